The van der Waals surface area contributed by atoms with E-state index in [1.807, 2.05) is 0 Å². The molecule has 1 amide bonds. The zero-order chi connectivity index (χ0) is 14.4. The summed E-state index contributed by atoms with van der Waals surface area (Å²) in [6.07, 6.45) is 2.75. The number of aliphatic imine (C=N–C) groups is 1. The topological polar surface area (TPSA) is 51.8 Å². The van der Waals surface area contributed by atoms with Crippen LogP contribution < -0.4 is 0 Å². The third-order valence-electron chi connectivity index (χ3n) is 2.44. The molecule has 0 unspecified atom stereocenters. The number of benzene rings is 1. The van der Waals surface area contributed by atoms with E-state index in [1.54, 1.807) is 36.6 Å². The smallest absolute Gasteiger partial charge is 0.433 e. The highest BCUT2D eigenvalue weighted by Gasteiger charge is 2.05. The van der Waals surface area contributed by atoms with Crippen LogP contribution in [0.25, 0.3) is 0 Å². The number of nitrogens with zero attached hydrogens (tertiary/aromatic N) is 1. The van der Waals surface area contributed by atoms with Gasteiger partial charge in [0.2, 0.25) is 0 Å². The first-order valence-corrected chi connectivity index (χ1v) is 6.56. The van der Waals surface area contributed by atoms with Gasteiger partial charge in [0.1, 0.15) is 12.4 Å². The minimum absolute atomic E-state index is 0.0485. The molecule has 0 radical (unpaired) electrons. The van der Waals surface area contributed by atoms with Crippen LogP contribution >= 0.6 is 23.2 Å². The molecule has 0 N–H and O–H groups in total. The molecule has 0 spiro atoms. The Bertz CT molecular complexity index is 609. The lowest BCUT2D eigenvalue weighted by Crippen LogP contribution is -2.00. The van der Waals surface area contributed by atoms with Gasteiger partial charge in [0.05, 0.1) is 6.26 Å². The van der Waals surface area contributed by atoms with E-state index in [-0.39, 0.29) is 6.61 Å². The summed E-state index contributed by atoms with van der Waals surface area (Å²) in [4.78, 5) is 15.0. The Labute approximate surface area is 126 Å². The molecule has 2 aromatic rings. The highest BCUT2D eigenvalue weighted by Crippen LogP contribution is 2.21. The van der Waals surface area contributed by atoms with Gasteiger partial charge < -0.3 is 9.15 Å². The fourth-order valence-electron chi connectivity index (χ4n) is 1.45. The van der Waals surface area contributed by atoms with E-state index in [0.29, 0.717) is 22.0 Å². The highest BCUT2D eigenvalue weighted by atomic mass is 35.5. The lowest BCUT2D eigenvalue weighted by atomic mass is 10.2. The Morgan fingerprint density at radius 3 is 2.90 bits per heavy atom. The zero-order valence-electron chi connectivity index (χ0n) is 10.4. The molecule has 104 valence electrons. The van der Waals surface area contributed by atoms with Crippen molar-refractivity contribution in [2.75, 3.05) is 0 Å². The molecule has 0 bridgehead atoms. The number of hydrogen-bond acceptors (Lipinski definition) is 3. The van der Waals surface area contributed by atoms with Gasteiger partial charge in [-0.3, -0.25) is 0 Å². The molecule has 1 heterocycles. The quantitative estimate of drug-likeness (QED) is 0.779. The summed E-state index contributed by atoms with van der Waals surface area (Å²) in [5, 5.41) is 0.978. The SMILES string of the molecule is O=C(N=CCc1ccco1)OCc1ccc(Cl)cc1Cl. The molecule has 0 saturated heterocycles. The number of halogens is 2. The Balaban J connectivity index is 1.81. The molecule has 6 heteroatoms. The summed E-state index contributed by atoms with van der Waals surface area (Å²) in [7, 11) is 0. The number of furan rings is 1. The van der Waals surface area contributed by atoms with E-state index in [9.17, 15) is 4.79 Å². The summed E-state index contributed by atoms with van der Waals surface area (Å²) >= 11 is 11.7. The van der Waals surface area contributed by atoms with Crippen LogP contribution in [0.2, 0.25) is 10.0 Å². The van der Waals surface area contributed by atoms with E-state index in [0.717, 1.165) is 5.76 Å². The average molecular weight is 312 g/mol. The number of hydrogen-bond donors (Lipinski definition) is 0. The van der Waals surface area contributed by atoms with Crippen molar-refractivity contribution in [3.05, 3.63) is 58.0 Å². The van der Waals surface area contributed by atoms with Crippen LogP contribution in [0.3, 0.4) is 0 Å². The molecule has 1 aromatic heterocycles. The molecule has 2 rings (SSSR count). The average Bonchev–Trinajstić information content (AvgIpc) is 2.91. The molecule has 0 aliphatic rings. The summed E-state index contributed by atoms with van der Waals surface area (Å²) in [5.74, 6) is 0.724. The molecular weight excluding hydrogens is 301 g/mol. The van der Waals surface area contributed by atoms with E-state index < -0.39 is 6.09 Å². The van der Waals surface area contributed by atoms with Crippen LogP contribution in [-0.2, 0) is 17.8 Å². The van der Waals surface area contributed by atoms with Crippen molar-refractivity contribution in [2.45, 2.75) is 13.0 Å². The van der Waals surface area contributed by atoms with Crippen LogP contribution in [0.5, 0.6) is 0 Å². The van der Waals surface area contributed by atoms with Crippen LogP contribution in [0, 0.1) is 0 Å². The van der Waals surface area contributed by atoms with Gasteiger partial charge in [0.25, 0.3) is 0 Å². The van der Waals surface area contributed by atoms with E-state index in [2.05, 4.69) is 4.99 Å². The molecule has 0 fully saturated rings. The van der Waals surface area contributed by atoms with Gasteiger partial charge in [0.15, 0.2) is 0 Å². The van der Waals surface area contributed by atoms with Gasteiger partial charge in [-0.2, -0.15) is 4.99 Å². The third kappa shape index (κ3) is 4.40. The lowest BCUT2D eigenvalue weighted by molar-refractivity contribution is 0.151. The van der Waals surface area contributed by atoms with Crippen molar-refractivity contribution in [3.63, 3.8) is 0 Å². The molecule has 0 aliphatic heterocycles. The molecule has 0 atom stereocenters. The summed E-state index contributed by atoms with van der Waals surface area (Å²) in [6, 6.07) is 8.53. The fourth-order valence-corrected chi connectivity index (χ4v) is 1.92. The maximum Gasteiger partial charge on any atom is 0.433 e. The number of carbonyl (C=O) groups excluding carboxylic acids is 1. The molecule has 0 saturated carbocycles. The fraction of sp³-hybridized carbons (Fsp3) is 0.143. The first-order valence-electron chi connectivity index (χ1n) is 5.81. The van der Waals surface area contributed by atoms with Gasteiger partial charge in [0, 0.05) is 28.2 Å². The standard InChI is InChI=1S/C14H11Cl2NO3/c15-11-4-3-10(13(16)8-11)9-20-14(18)17-6-5-12-2-1-7-19-12/h1-4,6-8H,5,9H2. The van der Waals surface area contributed by atoms with Crippen LogP contribution in [0.1, 0.15) is 11.3 Å². The van der Waals surface area contributed by atoms with Crippen molar-refractivity contribution in [3.8, 4) is 0 Å². The molecule has 4 nitrogen and oxygen atoms in total. The summed E-state index contributed by atoms with van der Waals surface area (Å²) < 4.78 is 10.1. The number of rotatable bonds is 4. The van der Waals surface area contributed by atoms with Crippen molar-refractivity contribution in [2.24, 2.45) is 4.99 Å². The van der Waals surface area contributed by atoms with Crippen LogP contribution in [0.4, 0.5) is 4.79 Å². The number of amides is 1. The first-order chi connectivity index (χ1) is 9.65. The van der Waals surface area contributed by atoms with Gasteiger partial charge in [-0.15, -0.1) is 0 Å². The van der Waals surface area contributed by atoms with Gasteiger partial charge in [-0.05, 0) is 24.3 Å². The Hall–Kier alpha value is -1.78. The van der Waals surface area contributed by atoms with E-state index in [1.165, 1.54) is 6.21 Å². The summed E-state index contributed by atoms with van der Waals surface area (Å²) in [5.41, 5.74) is 0.672. The van der Waals surface area contributed by atoms with Crippen molar-refractivity contribution >= 4 is 35.5 Å². The van der Waals surface area contributed by atoms with Gasteiger partial charge in [-0.25, -0.2) is 4.79 Å². The predicted molar refractivity (Wildman–Crippen MR) is 77.6 cm³/mol. The van der Waals surface area contributed by atoms with Crippen LogP contribution in [-0.4, -0.2) is 12.3 Å². The van der Waals surface area contributed by atoms with Crippen LogP contribution in [0.15, 0.2) is 46.0 Å². The van der Waals surface area contributed by atoms with Crippen molar-refractivity contribution in [1.29, 1.82) is 0 Å². The lowest BCUT2D eigenvalue weighted by Gasteiger charge is -2.04. The number of ether oxygens (including phenoxy) is 1. The van der Waals surface area contributed by atoms with Crippen molar-refractivity contribution < 1.29 is 13.9 Å². The Morgan fingerprint density at radius 1 is 1.35 bits per heavy atom. The first kappa shape index (κ1) is 14.6. The maximum absolute atomic E-state index is 11.4. The second-order valence-corrected chi connectivity index (χ2v) is 4.73. The monoisotopic (exact) mass is 311 g/mol. The van der Waals surface area contributed by atoms with E-state index >= 15 is 0 Å². The third-order valence-corrected chi connectivity index (χ3v) is 3.02. The second-order valence-electron chi connectivity index (χ2n) is 3.89. The molecule has 0 aliphatic carbocycles. The second kappa shape index (κ2) is 7.12. The summed E-state index contributed by atoms with van der Waals surface area (Å²) in [6.45, 7) is 0.0485. The Morgan fingerprint density at radius 2 is 2.20 bits per heavy atom. The predicted octanol–water partition coefficient (Wildman–Crippen LogP) is 4.54. The van der Waals surface area contributed by atoms with Gasteiger partial charge >= 0.3 is 6.09 Å². The highest BCUT2D eigenvalue weighted by molar-refractivity contribution is 6.35. The van der Waals surface area contributed by atoms with Gasteiger partial charge in [-0.1, -0.05) is 29.3 Å². The minimum atomic E-state index is -0.678. The zero-order valence-corrected chi connectivity index (χ0v) is 11.9. The molecular formula is C14H11Cl2NO3. The number of carbonyl (C=O) groups is 1. The minimum Gasteiger partial charge on any atom is -0.469 e. The molecule has 20 heavy (non-hydrogen) atoms. The van der Waals surface area contributed by atoms with Crippen molar-refractivity contribution in [1.82, 2.24) is 0 Å². The van der Waals surface area contributed by atoms with E-state index in [4.69, 9.17) is 32.4 Å². The molecule has 1 aromatic carbocycles. The maximum atomic E-state index is 11.4. The largest absolute Gasteiger partial charge is 0.469 e. The normalized spacial score (nSPS) is 10.9. The Kier molecular flexibility index (Phi) is 5.21.